The van der Waals surface area contributed by atoms with Gasteiger partial charge < -0.3 is 4.57 Å². The molecular formula is C13H21N3O2S. The minimum Gasteiger partial charge on any atom is -0.334 e. The number of sulfonamides is 1. The van der Waals surface area contributed by atoms with Gasteiger partial charge in [0.25, 0.3) is 0 Å². The Morgan fingerprint density at radius 2 is 2.00 bits per heavy atom. The lowest BCUT2D eigenvalue weighted by molar-refractivity contribution is 0.426. The van der Waals surface area contributed by atoms with Gasteiger partial charge in [-0.1, -0.05) is 19.3 Å². The van der Waals surface area contributed by atoms with Crippen molar-refractivity contribution in [3.8, 4) is 0 Å². The highest BCUT2D eigenvalue weighted by Crippen LogP contribution is 2.24. The van der Waals surface area contributed by atoms with Crippen LogP contribution in [0.25, 0.3) is 0 Å². The lowest BCUT2D eigenvalue weighted by atomic mass is 10.0. The standard InChI is InChI=1S/C13H21N3O2S/c17-19(18,13-4-2-1-3-5-13)15-11-6-7-16-10-14-9-12(16)8-11/h9-11,13,15H,1-8H2/t11-/m0/s1. The van der Waals surface area contributed by atoms with E-state index in [2.05, 4.69) is 14.3 Å². The SMILES string of the molecule is O=S(=O)(N[C@H]1CCn2cncc2C1)C1CCCCC1. The predicted molar refractivity (Wildman–Crippen MR) is 73.3 cm³/mol. The quantitative estimate of drug-likeness (QED) is 0.913. The largest absolute Gasteiger partial charge is 0.334 e. The Morgan fingerprint density at radius 3 is 2.79 bits per heavy atom. The van der Waals surface area contributed by atoms with Crippen molar-refractivity contribution in [3.05, 3.63) is 18.2 Å². The van der Waals surface area contributed by atoms with Crippen LogP contribution < -0.4 is 4.72 Å². The Balaban J connectivity index is 1.65. The van der Waals surface area contributed by atoms with Crippen LogP contribution in [0.15, 0.2) is 12.5 Å². The maximum absolute atomic E-state index is 12.4. The van der Waals surface area contributed by atoms with Crippen LogP contribution in [0.1, 0.15) is 44.2 Å². The Morgan fingerprint density at radius 1 is 1.21 bits per heavy atom. The molecule has 0 spiro atoms. The molecule has 19 heavy (non-hydrogen) atoms. The second-order valence-corrected chi connectivity index (χ2v) is 7.68. The summed E-state index contributed by atoms with van der Waals surface area (Å²) >= 11 is 0. The monoisotopic (exact) mass is 283 g/mol. The summed E-state index contributed by atoms with van der Waals surface area (Å²) in [6, 6.07) is 0.0381. The van der Waals surface area contributed by atoms with Gasteiger partial charge in [-0.2, -0.15) is 0 Å². The number of nitrogens with one attached hydrogen (secondary N) is 1. The van der Waals surface area contributed by atoms with Gasteiger partial charge in [-0.25, -0.2) is 18.1 Å². The van der Waals surface area contributed by atoms with Gasteiger partial charge in [-0.3, -0.25) is 0 Å². The van der Waals surface area contributed by atoms with Gasteiger partial charge in [-0.15, -0.1) is 0 Å². The van der Waals surface area contributed by atoms with E-state index in [0.717, 1.165) is 50.8 Å². The number of hydrogen-bond donors (Lipinski definition) is 1. The fraction of sp³-hybridized carbons (Fsp3) is 0.769. The summed E-state index contributed by atoms with van der Waals surface area (Å²) in [6.07, 6.45) is 10.2. The molecule has 3 rings (SSSR count). The Labute approximate surface area is 114 Å². The van der Waals surface area contributed by atoms with Crippen LogP contribution in [0.4, 0.5) is 0 Å². The fourth-order valence-corrected chi connectivity index (χ4v) is 4.99. The van der Waals surface area contributed by atoms with E-state index in [1.165, 1.54) is 6.42 Å². The Kier molecular flexibility index (Phi) is 3.62. The van der Waals surface area contributed by atoms with E-state index in [4.69, 9.17) is 0 Å². The molecule has 0 bridgehead atoms. The van der Waals surface area contributed by atoms with Gasteiger partial charge in [0.15, 0.2) is 0 Å². The van der Waals surface area contributed by atoms with Crippen molar-refractivity contribution in [1.82, 2.24) is 14.3 Å². The van der Waals surface area contributed by atoms with E-state index in [1.807, 2.05) is 12.5 Å². The zero-order valence-corrected chi connectivity index (χ0v) is 11.9. The van der Waals surface area contributed by atoms with Crippen LogP contribution in [0.3, 0.4) is 0 Å². The molecular weight excluding hydrogens is 262 g/mol. The molecule has 1 aliphatic carbocycles. The van der Waals surface area contributed by atoms with E-state index >= 15 is 0 Å². The van der Waals surface area contributed by atoms with E-state index in [-0.39, 0.29) is 11.3 Å². The first-order valence-corrected chi connectivity index (χ1v) is 8.70. The van der Waals surface area contributed by atoms with E-state index in [0.29, 0.717) is 0 Å². The van der Waals surface area contributed by atoms with Gasteiger partial charge >= 0.3 is 0 Å². The van der Waals surface area contributed by atoms with Crippen molar-refractivity contribution in [2.24, 2.45) is 0 Å². The summed E-state index contributed by atoms with van der Waals surface area (Å²) in [5.74, 6) is 0. The van der Waals surface area contributed by atoms with E-state index < -0.39 is 10.0 Å². The zero-order valence-electron chi connectivity index (χ0n) is 11.1. The number of imidazole rings is 1. The molecule has 1 aromatic rings. The first-order valence-electron chi connectivity index (χ1n) is 7.15. The lowest BCUT2D eigenvalue weighted by Crippen LogP contribution is -2.44. The second-order valence-electron chi connectivity index (χ2n) is 5.69. The molecule has 106 valence electrons. The Bertz CT molecular complexity index is 532. The molecule has 0 aromatic carbocycles. The fourth-order valence-electron chi connectivity index (χ4n) is 3.17. The molecule has 1 N–H and O–H groups in total. The summed E-state index contributed by atoms with van der Waals surface area (Å²) < 4.78 is 29.8. The molecule has 6 heteroatoms. The number of rotatable bonds is 3. The third-order valence-corrected chi connectivity index (χ3v) is 6.31. The van der Waals surface area contributed by atoms with Crippen molar-refractivity contribution < 1.29 is 8.42 Å². The third-order valence-electron chi connectivity index (χ3n) is 4.29. The van der Waals surface area contributed by atoms with Gasteiger partial charge in [0.2, 0.25) is 10.0 Å². The highest BCUT2D eigenvalue weighted by atomic mass is 32.2. The van der Waals surface area contributed by atoms with Crippen molar-refractivity contribution in [2.45, 2.75) is 62.8 Å². The lowest BCUT2D eigenvalue weighted by Gasteiger charge is -2.28. The van der Waals surface area contributed by atoms with E-state index in [1.54, 1.807) is 0 Å². The number of fused-ring (bicyclic) bond motifs is 1. The molecule has 1 saturated carbocycles. The Hall–Kier alpha value is -0.880. The predicted octanol–water partition coefficient (Wildman–Crippen LogP) is 1.45. The maximum Gasteiger partial charge on any atom is 0.214 e. The third kappa shape index (κ3) is 2.84. The topological polar surface area (TPSA) is 64.0 Å². The van der Waals surface area contributed by atoms with E-state index in [9.17, 15) is 8.42 Å². The summed E-state index contributed by atoms with van der Waals surface area (Å²) in [4.78, 5) is 4.11. The smallest absolute Gasteiger partial charge is 0.214 e. The van der Waals surface area contributed by atoms with Gasteiger partial charge in [0.1, 0.15) is 0 Å². The second kappa shape index (κ2) is 5.25. The number of hydrogen-bond acceptors (Lipinski definition) is 3. The molecule has 1 atom stereocenters. The van der Waals surface area contributed by atoms with Gasteiger partial charge in [-0.05, 0) is 19.3 Å². The zero-order chi connectivity index (χ0) is 13.3. The van der Waals surface area contributed by atoms with Gasteiger partial charge in [0, 0.05) is 30.9 Å². The average molecular weight is 283 g/mol. The summed E-state index contributed by atoms with van der Waals surface area (Å²) in [5.41, 5.74) is 1.13. The van der Waals surface area contributed by atoms with Crippen LogP contribution in [0.5, 0.6) is 0 Å². The molecule has 2 heterocycles. The first-order chi connectivity index (χ1) is 9.15. The number of aromatic nitrogens is 2. The van der Waals surface area contributed by atoms with Crippen molar-refractivity contribution in [3.63, 3.8) is 0 Å². The molecule has 0 radical (unpaired) electrons. The van der Waals surface area contributed by atoms with Crippen molar-refractivity contribution in [2.75, 3.05) is 0 Å². The number of aryl methyl sites for hydroxylation is 1. The molecule has 5 nitrogen and oxygen atoms in total. The molecule has 0 amide bonds. The molecule has 1 aromatic heterocycles. The molecule has 1 aliphatic heterocycles. The highest BCUT2D eigenvalue weighted by molar-refractivity contribution is 7.90. The summed E-state index contributed by atoms with van der Waals surface area (Å²) in [6.45, 7) is 0.854. The minimum absolute atomic E-state index is 0.0381. The minimum atomic E-state index is -3.15. The summed E-state index contributed by atoms with van der Waals surface area (Å²) in [7, 11) is -3.15. The average Bonchev–Trinajstić information content (AvgIpc) is 2.87. The van der Waals surface area contributed by atoms with Crippen molar-refractivity contribution in [1.29, 1.82) is 0 Å². The molecule has 0 unspecified atom stereocenters. The highest BCUT2D eigenvalue weighted by Gasteiger charge is 2.30. The maximum atomic E-state index is 12.4. The van der Waals surface area contributed by atoms with Gasteiger partial charge in [0.05, 0.1) is 11.6 Å². The summed E-state index contributed by atoms with van der Waals surface area (Å²) in [5, 5.41) is -0.173. The normalized spacial score (nSPS) is 25.2. The van der Waals surface area contributed by atoms with Crippen LogP contribution in [-0.2, 0) is 23.0 Å². The van der Waals surface area contributed by atoms with Crippen molar-refractivity contribution >= 4 is 10.0 Å². The van der Waals surface area contributed by atoms with Crippen LogP contribution >= 0.6 is 0 Å². The van der Waals surface area contributed by atoms with Crippen LogP contribution in [0, 0.1) is 0 Å². The molecule has 0 saturated heterocycles. The van der Waals surface area contributed by atoms with Crippen LogP contribution in [0.2, 0.25) is 0 Å². The molecule has 1 fully saturated rings. The number of nitrogens with zero attached hydrogens (tertiary/aromatic N) is 2. The molecule has 2 aliphatic rings. The van der Waals surface area contributed by atoms with Crippen LogP contribution in [-0.4, -0.2) is 29.3 Å². The first kappa shape index (κ1) is 13.1.